The molecule has 126 valence electrons. The average molecular weight is 432 g/mol. The second-order valence-corrected chi connectivity index (χ2v) is 5.91. The van der Waals surface area contributed by atoms with Gasteiger partial charge in [-0.1, -0.05) is 18.2 Å². The predicted molar refractivity (Wildman–Crippen MR) is 97.8 cm³/mol. The molecule has 0 spiro atoms. The van der Waals surface area contributed by atoms with E-state index in [0.717, 1.165) is 5.70 Å². The van der Waals surface area contributed by atoms with Gasteiger partial charge in [-0.3, -0.25) is 4.79 Å². The molecule has 1 aliphatic rings. The molecule has 1 unspecified atom stereocenters. The zero-order chi connectivity index (χ0) is 17.4. The molecule has 0 bridgehead atoms. The Labute approximate surface area is 149 Å². The summed E-state index contributed by atoms with van der Waals surface area (Å²) >= 11 is 1.95. The van der Waals surface area contributed by atoms with Gasteiger partial charge in [-0.15, -0.1) is 0 Å². The van der Waals surface area contributed by atoms with E-state index in [-0.39, 0.29) is 11.8 Å². The lowest BCUT2D eigenvalue weighted by Crippen LogP contribution is -2.32. The van der Waals surface area contributed by atoms with Crippen LogP contribution in [0, 0.1) is 5.92 Å². The summed E-state index contributed by atoms with van der Waals surface area (Å²) in [5.41, 5.74) is 7.94. The van der Waals surface area contributed by atoms with Crippen LogP contribution in [0.1, 0.15) is 13.8 Å². The lowest BCUT2D eigenvalue weighted by atomic mass is 10.1. The number of rotatable bonds is 7. The molecule has 0 saturated carbocycles. The van der Waals surface area contributed by atoms with E-state index in [2.05, 4.69) is 21.3 Å². The third kappa shape index (κ3) is 5.39. The highest BCUT2D eigenvalue weighted by Crippen LogP contribution is 2.28. The Balaban J connectivity index is 2.80. The van der Waals surface area contributed by atoms with Crippen molar-refractivity contribution >= 4 is 34.2 Å². The Hall–Kier alpha value is -1.81. The van der Waals surface area contributed by atoms with Crippen LogP contribution in [-0.4, -0.2) is 31.0 Å². The number of hydrogen-bond acceptors (Lipinski definition) is 6. The summed E-state index contributed by atoms with van der Waals surface area (Å²) in [5.74, 6) is 0.362. The minimum atomic E-state index is -0.232. The first kappa shape index (κ1) is 19.2. The number of hydrogen-bond donors (Lipinski definition) is 4. The van der Waals surface area contributed by atoms with Crippen LogP contribution in [0.3, 0.4) is 0 Å². The van der Waals surface area contributed by atoms with Crippen LogP contribution in [0.2, 0.25) is 0 Å². The van der Waals surface area contributed by atoms with Gasteiger partial charge in [-0.05, 0) is 41.7 Å². The molecule has 1 rings (SSSR count). The summed E-state index contributed by atoms with van der Waals surface area (Å²) in [5, 5.41) is 14.5. The van der Waals surface area contributed by atoms with Gasteiger partial charge in [0.05, 0.1) is 22.1 Å². The van der Waals surface area contributed by atoms with Crippen molar-refractivity contribution in [2.75, 3.05) is 14.2 Å². The van der Waals surface area contributed by atoms with Crippen LogP contribution < -0.4 is 16.2 Å². The van der Waals surface area contributed by atoms with Crippen LogP contribution in [-0.2, 0) is 9.53 Å². The highest BCUT2D eigenvalue weighted by Gasteiger charge is 2.27. The van der Waals surface area contributed by atoms with Crippen molar-refractivity contribution in [2.24, 2.45) is 11.1 Å². The van der Waals surface area contributed by atoms with Crippen molar-refractivity contribution < 1.29 is 14.7 Å². The standard InChI is InChI=1S/C15H21IN4O3/c1-9(20-22)6-5-7-11(16)15(21)18-14-10(2)12(19-17-3)8-13(14)23-4/h5-8,10,17,19,22H,1-4H3,(H,18,21)/b6-5-,11-7-,20-9+. The van der Waals surface area contributed by atoms with Gasteiger partial charge < -0.3 is 20.7 Å². The second kappa shape index (κ2) is 9.36. The molecule has 0 fully saturated rings. The van der Waals surface area contributed by atoms with Gasteiger partial charge in [0, 0.05) is 24.7 Å². The molecule has 1 atom stereocenters. The summed E-state index contributed by atoms with van der Waals surface area (Å²) < 4.78 is 5.82. The number of amides is 1. The van der Waals surface area contributed by atoms with E-state index in [0.29, 0.717) is 20.7 Å². The van der Waals surface area contributed by atoms with Gasteiger partial charge in [-0.2, -0.15) is 0 Å². The van der Waals surface area contributed by atoms with Crippen molar-refractivity contribution in [1.82, 2.24) is 16.2 Å². The fourth-order valence-corrected chi connectivity index (χ4v) is 2.25. The summed E-state index contributed by atoms with van der Waals surface area (Å²) in [6, 6.07) is 0. The number of carbonyl (C=O) groups is 1. The van der Waals surface area contributed by atoms with E-state index in [1.807, 2.05) is 35.6 Å². The molecule has 1 aliphatic carbocycles. The van der Waals surface area contributed by atoms with E-state index in [4.69, 9.17) is 9.94 Å². The number of allylic oxidation sites excluding steroid dienone is 4. The Kier molecular flexibility index (Phi) is 7.83. The molecule has 0 radical (unpaired) electrons. The topological polar surface area (TPSA) is 95.0 Å². The molecule has 0 aromatic rings. The number of carbonyl (C=O) groups excluding carboxylic acids is 1. The summed E-state index contributed by atoms with van der Waals surface area (Å²) in [6.07, 6.45) is 6.72. The Morgan fingerprint density at radius 1 is 1.52 bits per heavy atom. The first-order chi connectivity index (χ1) is 10.9. The fraction of sp³-hybridized carbons (Fsp3) is 0.333. The predicted octanol–water partition coefficient (Wildman–Crippen LogP) is 1.94. The van der Waals surface area contributed by atoms with Crippen LogP contribution in [0.4, 0.5) is 0 Å². The summed E-state index contributed by atoms with van der Waals surface area (Å²) in [6.45, 7) is 3.62. The molecule has 0 saturated heterocycles. The van der Waals surface area contributed by atoms with Crippen molar-refractivity contribution in [1.29, 1.82) is 0 Å². The lowest BCUT2D eigenvalue weighted by Gasteiger charge is -2.16. The molecule has 0 aromatic heterocycles. The minimum absolute atomic E-state index is 0.0233. The summed E-state index contributed by atoms with van der Waals surface area (Å²) in [4.78, 5) is 12.3. The molecule has 4 N–H and O–H groups in total. The van der Waals surface area contributed by atoms with Crippen LogP contribution in [0.25, 0.3) is 0 Å². The number of ether oxygens (including phenoxy) is 1. The van der Waals surface area contributed by atoms with E-state index >= 15 is 0 Å². The molecule has 7 nitrogen and oxygen atoms in total. The number of hydrazine groups is 1. The van der Waals surface area contributed by atoms with Crippen LogP contribution in [0.5, 0.6) is 0 Å². The highest BCUT2D eigenvalue weighted by atomic mass is 127. The number of oxime groups is 1. The number of methoxy groups -OCH3 is 1. The smallest absolute Gasteiger partial charge is 0.261 e. The molecular formula is C15H21IN4O3. The Morgan fingerprint density at radius 2 is 2.22 bits per heavy atom. The van der Waals surface area contributed by atoms with Crippen molar-refractivity contribution in [3.05, 3.63) is 45.0 Å². The third-order valence-corrected chi connectivity index (χ3v) is 3.99. The SMILES string of the molecule is CNNC1=CC(OC)=C(NC(=O)/C(I)=C/C=C\C(C)=N\O)C1C. The largest absolute Gasteiger partial charge is 0.495 e. The van der Waals surface area contributed by atoms with Gasteiger partial charge in [0.1, 0.15) is 5.76 Å². The maximum atomic E-state index is 12.3. The van der Waals surface area contributed by atoms with Crippen molar-refractivity contribution in [3.63, 3.8) is 0 Å². The van der Waals surface area contributed by atoms with Crippen molar-refractivity contribution in [2.45, 2.75) is 13.8 Å². The lowest BCUT2D eigenvalue weighted by molar-refractivity contribution is -0.116. The van der Waals surface area contributed by atoms with Crippen LogP contribution in [0.15, 0.2) is 50.2 Å². The maximum absolute atomic E-state index is 12.3. The maximum Gasteiger partial charge on any atom is 0.261 e. The van der Waals surface area contributed by atoms with Gasteiger partial charge >= 0.3 is 0 Å². The second-order valence-electron chi connectivity index (χ2n) is 4.75. The quantitative estimate of drug-likeness (QED) is 0.123. The highest BCUT2D eigenvalue weighted by molar-refractivity contribution is 14.1. The molecule has 0 aromatic carbocycles. The van der Waals surface area contributed by atoms with E-state index in [1.165, 1.54) is 0 Å². The molecule has 1 amide bonds. The van der Waals surface area contributed by atoms with E-state index in [1.54, 1.807) is 39.3 Å². The van der Waals surface area contributed by atoms with Crippen LogP contribution >= 0.6 is 22.6 Å². The molecule has 0 aliphatic heterocycles. The average Bonchev–Trinajstić information content (AvgIpc) is 2.83. The monoisotopic (exact) mass is 432 g/mol. The number of nitrogens with zero attached hydrogens (tertiary/aromatic N) is 1. The molecule has 23 heavy (non-hydrogen) atoms. The summed E-state index contributed by atoms with van der Waals surface area (Å²) in [7, 11) is 3.33. The number of nitrogens with one attached hydrogen (secondary N) is 3. The first-order valence-electron chi connectivity index (χ1n) is 6.91. The fourth-order valence-electron chi connectivity index (χ4n) is 1.90. The van der Waals surface area contributed by atoms with Gasteiger partial charge in [0.2, 0.25) is 0 Å². The minimum Gasteiger partial charge on any atom is -0.495 e. The zero-order valence-electron chi connectivity index (χ0n) is 13.5. The zero-order valence-corrected chi connectivity index (χ0v) is 15.6. The Bertz CT molecular complexity index is 606. The van der Waals surface area contributed by atoms with E-state index in [9.17, 15) is 4.79 Å². The van der Waals surface area contributed by atoms with Gasteiger partial charge in [0.15, 0.2) is 0 Å². The van der Waals surface area contributed by atoms with Gasteiger partial charge in [0.25, 0.3) is 5.91 Å². The van der Waals surface area contributed by atoms with Gasteiger partial charge in [-0.25, -0.2) is 5.43 Å². The molecule has 0 heterocycles. The third-order valence-electron chi connectivity index (χ3n) is 3.14. The number of halogens is 1. The normalized spacial score (nSPS) is 19.2. The van der Waals surface area contributed by atoms with Crippen molar-refractivity contribution in [3.8, 4) is 0 Å². The molecule has 8 heteroatoms. The first-order valence-corrected chi connectivity index (χ1v) is 7.98. The Morgan fingerprint density at radius 3 is 2.78 bits per heavy atom. The molecular weight excluding hydrogens is 411 g/mol. The van der Waals surface area contributed by atoms with E-state index < -0.39 is 0 Å².